The number of anilines is 1. The summed E-state index contributed by atoms with van der Waals surface area (Å²) in [5.74, 6) is -1.18. The topological polar surface area (TPSA) is 77.8 Å². The first-order valence-electron chi connectivity index (χ1n) is 5.38. The summed E-state index contributed by atoms with van der Waals surface area (Å²) in [7, 11) is 0. The molecule has 1 atom stereocenters. The van der Waals surface area contributed by atoms with Crippen molar-refractivity contribution in [2.45, 2.75) is 12.8 Å². The molecule has 1 heterocycles. The fourth-order valence-electron chi connectivity index (χ4n) is 2.09. The van der Waals surface area contributed by atoms with Gasteiger partial charge in [0, 0.05) is 13.0 Å². The minimum atomic E-state index is -0.901. The Morgan fingerprint density at radius 2 is 2.12 bits per heavy atom. The average Bonchev–Trinajstić information content (AvgIpc) is 2.59. The lowest BCUT2D eigenvalue weighted by Crippen LogP contribution is -2.24. The fraction of sp³-hybridized carbons (Fsp3) is 0.333. The molecule has 1 aliphatic heterocycles. The molecule has 1 aliphatic rings. The Balaban J connectivity index is 2.16. The van der Waals surface area contributed by atoms with Crippen LogP contribution >= 0.6 is 0 Å². The highest BCUT2D eigenvalue weighted by Gasteiger charge is 2.32. The number of hydrogen-bond acceptors (Lipinski definition) is 3. The number of benzene rings is 1. The summed E-state index contributed by atoms with van der Waals surface area (Å²) in [6.07, 6.45) is 0.205. The molecule has 0 aromatic heterocycles. The van der Waals surface area contributed by atoms with Crippen LogP contribution in [0.15, 0.2) is 24.3 Å². The van der Waals surface area contributed by atoms with Gasteiger partial charge in [-0.1, -0.05) is 12.1 Å². The summed E-state index contributed by atoms with van der Waals surface area (Å²) in [6, 6.07) is 6.56. The van der Waals surface area contributed by atoms with Crippen LogP contribution in [0.5, 0.6) is 5.75 Å². The number of hydrogen-bond donors (Lipinski definition) is 2. The van der Waals surface area contributed by atoms with Crippen LogP contribution in [0.25, 0.3) is 0 Å². The van der Waals surface area contributed by atoms with Crippen LogP contribution in [0.3, 0.4) is 0 Å². The lowest BCUT2D eigenvalue weighted by atomic mass is 10.1. The molecular weight excluding hydrogens is 222 g/mol. The second-order valence-electron chi connectivity index (χ2n) is 4.16. The summed E-state index contributed by atoms with van der Waals surface area (Å²) in [6.45, 7) is 0.350. The Morgan fingerprint density at radius 1 is 1.41 bits per heavy atom. The van der Waals surface area contributed by atoms with Gasteiger partial charge in [0.05, 0.1) is 12.1 Å². The third-order valence-electron chi connectivity index (χ3n) is 2.84. The van der Waals surface area contributed by atoms with Gasteiger partial charge in [-0.2, -0.15) is 0 Å². The van der Waals surface area contributed by atoms with Crippen molar-refractivity contribution >= 4 is 17.6 Å². The maximum Gasteiger partial charge on any atom is 0.303 e. The van der Waals surface area contributed by atoms with E-state index in [9.17, 15) is 14.7 Å². The van der Waals surface area contributed by atoms with Crippen molar-refractivity contribution < 1.29 is 19.8 Å². The third-order valence-corrected chi connectivity index (χ3v) is 2.84. The highest BCUT2D eigenvalue weighted by Crippen LogP contribution is 2.32. The molecule has 1 amide bonds. The van der Waals surface area contributed by atoms with Gasteiger partial charge in [0.15, 0.2) is 0 Å². The first kappa shape index (κ1) is 11.4. The zero-order valence-electron chi connectivity index (χ0n) is 9.17. The molecule has 2 rings (SSSR count). The maximum atomic E-state index is 11.7. The second-order valence-corrected chi connectivity index (χ2v) is 4.16. The van der Waals surface area contributed by atoms with E-state index in [1.54, 1.807) is 18.2 Å². The van der Waals surface area contributed by atoms with Crippen molar-refractivity contribution in [2.24, 2.45) is 5.92 Å². The van der Waals surface area contributed by atoms with E-state index in [4.69, 9.17) is 5.11 Å². The van der Waals surface area contributed by atoms with Crippen LogP contribution in [-0.4, -0.2) is 28.6 Å². The van der Waals surface area contributed by atoms with Crippen LogP contribution in [0.1, 0.15) is 12.8 Å². The monoisotopic (exact) mass is 235 g/mol. The van der Waals surface area contributed by atoms with Crippen molar-refractivity contribution in [2.75, 3.05) is 11.4 Å². The number of rotatable bonds is 3. The van der Waals surface area contributed by atoms with Gasteiger partial charge in [0.2, 0.25) is 5.91 Å². The Bertz CT molecular complexity index is 458. The number of aromatic hydroxyl groups is 1. The van der Waals surface area contributed by atoms with Crippen molar-refractivity contribution in [3.63, 3.8) is 0 Å². The minimum absolute atomic E-state index is 0.0180. The molecule has 17 heavy (non-hydrogen) atoms. The molecule has 1 unspecified atom stereocenters. The van der Waals surface area contributed by atoms with E-state index >= 15 is 0 Å². The quantitative estimate of drug-likeness (QED) is 0.825. The first-order valence-corrected chi connectivity index (χ1v) is 5.38. The second kappa shape index (κ2) is 4.45. The van der Waals surface area contributed by atoms with Gasteiger partial charge in [-0.15, -0.1) is 0 Å². The predicted molar refractivity (Wildman–Crippen MR) is 60.8 cm³/mol. The number of carboxylic acids is 1. The molecule has 5 nitrogen and oxygen atoms in total. The van der Waals surface area contributed by atoms with Gasteiger partial charge in [-0.3, -0.25) is 9.59 Å². The zero-order valence-corrected chi connectivity index (χ0v) is 9.17. The van der Waals surface area contributed by atoms with Gasteiger partial charge < -0.3 is 15.1 Å². The molecule has 2 N–H and O–H groups in total. The molecular formula is C12H13NO4. The van der Waals surface area contributed by atoms with Crippen molar-refractivity contribution in [1.29, 1.82) is 0 Å². The van der Waals surface area contributed by atoms with Crippen molar-refractivity contribution in [1.82, 2.24) is 0 Å². The molecule has 0 radical (unpaired) electrons. The molecule has 0 spiro atoms. The van der Waals surface area contributed by atoms with E-state index in [2.05, 4.69) is 0 Å². The maximum absolute atomic E-state index is 11.7. The molecule has 0 aliphatic carbocycles. The van der Waals surface area contributed by atoms with Crippen molar-refractivity contribution in [3.05, 3.63) is 24.3 Å². The Labute approximate surface area is 98.3 Å². The number of phenolic OH excluding ortho intramolecular Hbond substituents is 1. The molecule has 1 aromatic rings. The predicted octanol–water partition coefficient (Wildman–Crippen LogP) is 1.22. The van der Waals surface area contributed by atoms with Gasteiger partial charge in [0.25, 0.3) is 0 Å². The van der Waals surface area contributed by atoms with E-state index in [0.29, 0.717) is 12.2 Å². The fourth-order valence-corrected chi connectivity index (χ4v) is 2.09. The zero-order chi connectivity index (χ0) is 12.4. The molecule has 0 bridgehead atoms. The van der Waals surface area contributed by atoms with Gasteiger partial charge >= 0.3 is 5.97 Å². The lowest BCUT2D eigenvalue weighted by Gasteiger charge is -2.17. The van der Waals surface area contributed by atoms with Crippen LogP contribution in [0, 0.1) is 5.92 Å². The molecule has 1 fully saturated rings. The molecule has 1 aromatic carbocycles. The largest absolute Gasteiger partial charge is 0.506 e. The number of carbonyl (C=O) groups excluding carboxylic acids is 1. The van der Waals surface area contributed by atoms with E-state index < -0.39 is 5.97 Å². The summed E-state index contributed by atoms with van der Waals surface area (Å²) in [5.41, 5.74) is 0.449. The van der Waals surface area contributed by atoms with Gasteiger partial charge in [0.1, 0.15) is 5.75 Å². The van der Waals surface area contributed by atoms with E-state index in [0.717, 1.165) is 0 Å². The highest BCUT2D eigenvalue weighted by atomic mass is 16.4. The third kappa shape index (κ3) is 2.38. The molecule has 5 heteroatoms. The lowest BCUT2D eigenvalue weighted by molar-refractivity contribution is -0.137. The molecule has 1 saturated heterocycles. The van der Waals surface area contributed by atoms with Gasteiger partial charge in [-0.25, -0.2) is 0 Å². The Morgan fingerprint density at radius 3 is 2.76 bits per heavy atom. The van der Waals surface area contributed by atoms with E-state index in [1.165, 1.54) is 11.0 Å². The summed E-state index contributed by atoms with van der Waals surface area (Å²) < 4.78 is 0. The molecule has 0 saturated carbocycles. The highest BCUT2D eigenvalue weighted by molar-refractivity contribution is 5.97. The Kier molecular flexibility index (Phi) is 2.99. The number of carboxylic acid groups (broad SMARTS) is 1. The van der Waals surface area contributed by atoms with E-state index in [1.807, 2.05) is 0 Å². The van der Waals surface area contributed by atoms with E-state index in [-0.39, 0.29) is 30.4 Å². The number of aliphatic carboxylic acids is 1. The summed E-state index contributed by atoms with van der Waals surface area (Å²) >= 11 is 0. The van der Waals surface area contributed by atoms with Crippen LogP contribution in [0.2, 0.25) is 0 Å². The Hall–Kier alpha value is -2.04. The van der Waals surface area contributed by atoms with Gasteiger partial charge in [-0.05, 0) is 18.1 Å². The number of nitrogens with zero attached hydrogens (tertiary/aromatic N) is 1. The minimum Gasteiger partial charge on any atom is -0.506 e. The normalized spacial score (nSPS) is 19.6. The standard InChI is InChI=1S/C12H13NO4/c14-10-4-2-1-3-9(10)13-7-8(5-11(13)15)6-12(16)17/h1-4,8,14H,5-7H2,(H,16,17). The number of para-hydroxylation sites is 2. The number of amides is 1. The summed E-state index contributed by atoms with van der Waals surface area (Å²) in [5, 5.41) is 18.3. The average molecular weight is 235 g/mol. The van der Waals surface area contributed by atoms with Crippen LogP contribution in [0.4, 0.5) is 5.69 Å². The summed E-state index contributed by atoms with van der Waals surface area (Å²) in [4.78, 5) is 23.8. The van der Waals surface area contributed by atoms with Crippen LogP contribution < -0.4 is 4.90 Å². The molecule has 90 valence electrons. The number of carbonyl (C=O) groups is 2. The smallest absolute Gasteiger partial charge is 0.303 e. The number of phenols is 1. The SMILES string of the molecule is O=C(O)CC1CC(=O)N(c2ccccc2O)C1. The first-order chi connectivity index (χ1) is 8.08. The van der Waals surface area contributed by atoms with Crippen molar-refractivity contribution in [3.8, 4) is 5.75 Å². The van der Waals surface area contributed by atoms with Crippen LogP contribution in [-0.2, 0) is 9.59 Å².